The van der Waals surface area contributed by atoms with Crippen molar-refractivity contribution >= 4 is 32.2 Å². The highest BCUT2D eigenvalue weighted by atomic mass is 32.2. The first-order valence-corrected chi connectivity index (χ1v) is 8.39. The van der Waals surface area contributed by atoms with Crippen molar-refractivity contribution < 1.29 is 13.5 Å². The highest BCUT2D eigenvalue weighted by molar-refractivity contribution is 7.91. The van der Waals surface area contributed by atoms with Crippen LogP contribution in [0.1, 0.15) is 19.8 Å². The Hall–Kier alpha value is -0.860. The Bertz CT molecular complexity index is 485. The number of hydrogen-bond acceptors (Lipinski definition) is 7. The maximum atomic E-state index is 11.7. The standard InChI is InChI=1S/C10H19N3O3S2/c1-3-4-5-13(6-7-14)10-8(18(2,15)16)9(11)12-17-10/h14H,3-7H2,1-2H3,(H2,11,12). The van der Waals surface area contributed by atoms with E-state index in [2.05, 4.69) is 11.3 Å². The molecule has 1 heterocycles. The lowest BCUT2D eigenvalue weighted by molar-refractivity contribution is 0.301. The molecule has 0 fully saturated rings. The van der Waals surface area contributed by atoms with E-state index in [1.807, 2.05) is 4.90 Å². The maximum Gasteiger partial charge on any atom is 0.182 e. The second kappa shape index (κ2) is 6.35. The molecule has 0 saturated heterocycles. The van der Waals surface area contributed by atoms with E-state index >= 15 is 0 Å². The van der Waals surface area contributed by atoms with Gasteiger partial charge in [0.2, 0.25) is 0 Å². The molecule has 0 aliphatic carbocycles. The summed E-state index contributed by atoms with van der Waals surface area (Å²) in [5.41, 5.74) is 5.62. The van der Waals surface area contributed by atoms with Crippen molar-refractivity contribution in [2.75, 3.05) is 36.6 Å². The SMILES string of the molecule is CCCCN(CCO)c1snc(N)c1S(C)(=O)=O. The van der Waals surface area contributed by atoms with E-state index in [4.69, 9.17) is 10.8 Å². The molecule has 8 heteroatoms. The first kappa shape index (κ1) is 15.2. The van der Waals surface area contributed by atoms with Gasteiger partial charge in [-0.2, -0.15) is 4.37 Å². The lowest BCUT2D eigenvalue weighted by atomic mass is 10.3. The molecule has 0 bridgehead atoms. The van der Waals surface area contributed by atoms with E-state index in [9.17, 15) is 8.42 Å². The average Bonchev–Trinajstić information content (AvgIpc) is 2.66. The van der Waals surface area contributed by atoms with Crippen molar-refractivity contribution in [3.63, 3.8) is 0 Å². The van der Waals surface area contributed by atoms with Crippen molar-refractivity contribution in [3.05, 3.63) is 0 Å². The summed E-state index contributed by atoms with van der Waals surface area (Å²) in [6, 6.07) is 0. The van der Waals surface area contributed by atoms with Crippen LogP contribution in [0.5, 0.6) is 0 Å². The zero-order chi connectivity index (χ0) is 13.8. The van der Waals surface area contributed by atoms with E-state index in [-0.39, 0.29) is 17.3 Å². The number of hydrogen-bond donors (Lipinski definition) is 2. The van der Waals surface area contributed by atoms with Gasteiger partial charge in [0.05, 0.1) is 6.61 Å². The fourth-order valence-electron chi connectivity index (χ4n) is 1.62. The minimum absolute atomic E-state index is 0.0370. The van der Waals surface area contributed by atoms with Crippen LogP contribution in [0, 0.1) is 0 Å². The van der Waals surface area contributed by atoms with Gasteiger partial charge in [0.25, 0.3) is 0 Å². The molecule has 1 rings (SSSR count). The Kier molecular flexibility index (Phi) is 5.36. The molecule has 6 nitrogen and oxygen atoms in total. The van der Waals surface area contributed by atoms with Crippen molar-refractivity contribution in [2.45, 2.75) is 24.7 Å². The molecule has 0 aliphatic heterocycles. The monoisotopic (exact) mass is 293 g/mol. The largest absolute Gasteiger partial charge is 0.395 e. The summed E-state index contributed by atoms with van der Waals surface area (Å²) in [5, 5.41) is 9.59. The Morgan fingerprint density at radius 1 is 1.44 bits per heavy atom. The van der Waals surface area contributed by atoms with Crippen LogP contribution in [0.15, 0.2) is 4.90 Å². The van der Waals surface area contributed by atoms with Crippen LogP contribution in [0.3, 0.4) is 0 Å². The molecule has 0 amide bonds. The third-order valence-corrected chi connectivity index (χ3v) is 4.66. The molecule has 0 saturated carbocycles. The quantitative estimate of drug-likeness (QED) is 0.769. The van der Waals surface area contributed by atoms with Gasteiger partial charge in [-0.3, -0.25) is 0 Å². The molecule has 1 aromatic heterocycles. The highest BCUT2D eigenvalue weighted by Gasteiger charge is 2.24. The molecule has 1 aromatic rings. The average molecular weight is 293 g/mol. The second-order valence-corrected chi connectivity index (χ2v) is 6.74. The predicted octanol–water partition coefficient (Wildman–Crippen LogP) is 0.728. The Morgan fingerprint density at radius 3 is 2.61 bits per heavy atom. The molecule has 0 aromatic carbocycles. The number of aliphatic hydroxyl groups is 1. The smallest absolute Gasteiger partial charge is 0.182 e. The highest BCUT2D eigenvalue weighted by Crippen LogP contribution is 2.34. The fraction of sp³-hybridized carbons (Fsp3) is 0.700. The van der Waals surface area contributed by atoms with Crippen LogP contribution in [-0.2, 0) is 9.84 Å². The third-order valence-electron chi connectivity index (χ3n) is 2.47. The summed E-state index contributed by atoms with van der Waals surface area (Å²) in [7, 11) is -3.41. The van der Waals surface area contributed by atoms with Gasteiger partial charge in [-0.05, 0) is 18.0 Å². The van der Waals surface area contributed by atoms with Gasteiger partial charge in [-0.25, -0.2) is 8.42 Å². The van der Waals surface area contributed by atoms with E-state index in [1.165, 1.54) is 0 Å². The van der Waals surface area contributed by atoms with Gasteiger partial charge in [0.15, 0.2) is 15.7 Å². The summed E-state index contributed by atoms with van der Waals surface area (Å²) in [4.78, 5) is 1.91. The van der Waals surface area contributed by atoms with Gasteiger partial charge in [0.1, 0.15) is 9.90 Å². The molecular weight excluding hydrogens is 274 g/mol. The van der Waals surface area contributed by atoms with Crippen LogP contribution < -0.4 is 10.6 Å². The topological polar surface area (TPSA) is 96.5 Å². The molecule has 0 unspecified atom stereocenters. The number of nitrogens with two attached hydrogens (primary N) is 1. The predicted molar refractivity (Wildman–Crippen MR) is 73.8 cm³/mol. The molecule has 0 radical (unpaired) electrons. The van der Waals surface area contributed by atoms with Crippen LogP contribution in [-0.4, -0.2) is 43.9 Å². The summed E-state index contributed by atoms with van der Waals surface area (Å²) in [6.45, 7) is 3.08. The first-order valence-electron chi connectivity index (χ1n) is 5.72. The normalized spacial score (nSPS) is 11.7. The molecule has 0 atom stereocenters. The van der Waals surface area contributed by atoms with Gasteiger partial charge in [-0.1, -0.05) is 13.3 Å². The zero-order valence-electron chi connectivity index (χ0n) is 10.6. The van der Waals surface area contributed by atoms with E-state index in [1.54, 1.807) is 0 Å². The number of aliphatic hydroxyl groups excluding tert-OH is 1. The van der Waals surface area contributed by atoms with Crippen LogP contribution in [0.2, 0.25) is 0 Å². The maximum absolute atomic E-state index is 11.7. The molecule has 0 aliphatic rings. The number of anilines is 2. The molecule has 3 N–H and O–H groups in total. The third kappa shape index (κ3) is 3.56. The zero-order valence-corrected chi connectivity index (χ0v) is 12.2. The Morgan fingerprint density at radius 2 is 2.11 bits per heavy atom. The van der Waals surface area contributed by atoms with Crippen molar-refractivity contribution in [1.82, 2.24) is 4.37 Å². The summed E-state index contributed by atoms with van der Waals surface area (Å²) < 4.78 is 27.3. The number of unbranched alkanes of at least 4 members (excludes halogenated alkanes) is 1. The van der Waals surface area contributed by atoms with E-state index in [0.29, 0.717) is 18.1 Å². The summed E-state index contributed by atoms with van der Waals surface area (Å²) in [5.74, 6) is 0.0388. The number of sulfone groups is 1. The van der Waals surface area contributed by atoms with E-state index < -0.39 is 9.84 Å². The summed E-state index contributed by atoms with van der Waals surface area (Å²) >= 11 is 1.06. The molecular formula is C10H19N3O3S2. The second-order valence-electron chi connectivity index (χ2n) is 4.04. The van der Waals surface area contributed by atoms with Crippen LogP contribution in [0.25, 0.3) is 0 Å². The first-order chi connectivity index (χ1) is 8.41. The van der Waals surface area contributed by atoms with Gasteiger partial charge in [0, 0.05) is 19.3 Å². The van der Waals surface area contributed by atoms with Gasteiger partial charge < -0.3 is 15.7 Å². The van der Waals surface area contributed by atoms with Gasteiger partial charge in [-0.15, -0.1) is 0 Å². The van der Waals surface area contributed by atoms with Crippen molar-refractivity contribution in [2.24, 2.45) is 0 Å². The van der Waals surface area contributed by atoms with Crippen molar-refractivity contribution in [1.29, 1.82) is 0 Å². The number of nitrogens with zero attached hydrogens (tertiary/aromatic N) is 2. The van der Waals surface area contributed by atoms with E-state index in [0.717, 1.165) is 30.6 Å². The number of nitrogen functional groups attached to an aromatic ring is 1. The van der Waals surface area contributed by atoms with Crippen molar-refractivity contribution in [3.8, 4) is 0 Å². The Labute approximate surface area is 112 Å². The molecule has 0 spiro atoms. The van der Waals surface area contributed by atoms with Gasteiger partial charge >= 0.3 is 0 Å². The lowest BCUT2D eigenvalue weighted by Crippen LogP contribution is -2.28. The minimum Gasteiger partial charge on any atom is -0.395 e. The molecule has 104 valence electrons. The van der Waals surface area contributed by atoms with Crippen LogP contribution in [0.4, 0.5) is 10.8 Å². The Balaban J connectivity index is 3.12. The summed E-state index contributed by atoms with van der Waals surface area (Å²) in [6.07, 6.45) is 3.03. The number of aromatic nitrogens is 1. The minimum atomic E-state index is -3.41. The number of rotatable bonds is 7. The van der Waals surface area contributed by atoms with Crippen LogP contribution >= 0.6 is 11.5 Å². The fourth-order valence-corrected chi connectivity index (χ4v) is 3.88. The lowest BCUT2D eigenvalue weighted by Gasteiger charge is -2.22. The molecule has 18 heavy (non-hydrogen) atoms.